The third kappa shape index (κ3) is 3.94. The number of hydrogen-bond acceptors (Lipinski definition) is 6. The van der Waals surface area contributed by atoms with Gasteiger partial charge in [0.2, 0.25) is 0 Å². The molecule has 0 bridgehead atoms. The van der Waals surface area contributed by atoms with E-state index in [1.807, 2.05) is 0 Å². The quantitative estimate of drug-likeness (QED) is 0.533. The molecule has 0 aliphatic carbocycles. The first-order valence-corrected chi connectivity index (χ1v) is 10.8. The van der Waals surface area contributed by atoms with Crippen LogP contribution in [-0.4, -0.2) is 33.1 Å². The summed E-state index contributed by atoms with van der Waals surface area (Å²) in [6.07, 6.45) is 0. The first-order chi connectivity index (χ1) is 13.0. The molecule has 10 heteroatoms. The molecule has 0 unspecified atom stereocenters. The van der Waals surface area contributed by atoms with E-state index in [9.17, 15) is 21.4 Å². The Labute approximate surface area is 162 Å². The van der Waals surface area contributed by atoms with E-state index in [-0.39, 0.29) is 15.4 Å². The highest BCUT2D eigenvalue weighted by molar-refractivity contribution is 7.86. The van der Waals surface area contributed by atoms with Crippen molar-refractivity contribution in [1.82, 2.24) is 0 Å². The van der Waals surface area contributed by atoms with Gasteiger partial charge in [-0.2, -0.15) is 16.8 Å². The topological polar surface area (TPSA) is 130 Å². The minimum absolute atomic E-state index is 0.238. The lowest BCUT2D eigenvalue weighted by Crippen LogP contribution is -2.03. The van der Waals surface area contributed by atoms with E-state index >= 15 is 0 Å². The number of hydrogen-bond donors (Lipinski definition) is 3. The van der Waals surface area contributed by atoms with Crippen LogP contribution in [0, 0.1) is 6.92 Å². The van der Waals surface area contributed by atoms with Crippen LogP contribution in [0.4, 0.5) is 11.4 Å². The Balaban J connectivity index is 2.11. The molecule has 3 rings (SSSR count). The van der Waals surface area contributed by atoms with E-state index in [4.69, 9.17) is 9.29 Å². The van der Waals surface area contributed by atoms with Crippen molar-refractivity contribution in [2.75, 3.05) is 12.4 Å². The largest absolute Gasteiger partial charge is 0.496 e. The van der Waals surface area contributed by atoms with Crippen molar-refractivity contribution in [3.63, 3.8) is 0 Å². The van der Waals surface area contributed by atoms with Crippen LogP contribution in [0.2, 0.25) is 0 Å². The van der Waals surface area contributed by atoms with Crippen LogP contribution in [0.5, 0.6) is 5.75 Å². The zero-order valence-corrected chi connectivity index (χ0v) is 16.5. The molecule has 0 amide bonds. The van der Waals surface area contributed by atoms with E-state index in [0.717, 1.165) is 0 Å². The second-order valence-corrected chi connectivity index (χ2v) is 8.88. The fourth-order valence-corrected chi connectivity index (χ4v) is 4.23. The van der Waals surface area contributed by atoms with Crippen molar-refractivity contribution in [2.45, 2.75) is 16.7 Å². The first-order valence-electron chi connectivity index (χ1n) is 7.94. The average Bonchev–Trinajstić information content (AvgIpc) is 2.60. The molecule has 3 N–H and O–H groups in total. The Kier molecular flexibility index (Phi) is 5.06. The number of anilines is 2. The standard InChI is InChI=1S/C18H17NO7S2/c1-11-17(28(23,24)25)8-12-6-7-14(10-16(12)18(11)26-2)19-13-4-3-5-15(9-13)27(20,21)22/h3-10,19H,1-2H3,(H,20,21,22)(H,23,24,25). The van der Waals surface area contributed by atoms with Crippen LogP contribution in [0.15, 0.2) is 58.3 Å². The van der Waals surface area contributed by atoms with Gasteiger partial charge in [0.05, 0.1) is 12.0 Å². The Bertz CT molecular complexity index is 1280. The van der Waals surface area contributed by atoms with Gasteiger partial charge in [-0.3, -0.25) is 9.11 Å². The van der Waals surface area contributed by atoms with E-state index in [2.05, 4.69) is 5.32 Å². The van der Waals surface area contributed by atoms with Gasteiger partial charge in [-0.05, 0) is 48.7 Å². The summed E-state index contributed by atoms with van der Waals surface area (Å²) in [6, 6.07) is 12.0. The predicted molar refractivity (Wildman–Crippen MR) is 105 cm³/mol. The molecule has 3 aromatic rings. The molecule has 148 valence electrons. The molecule has 0 aliphatic rings. The van der Waals surface area contributed by atoms with Crippen LogP contribution in [0.25, 0.3) is 10.8 Å². The summed E-state index contributed by atoms with van der Waals surface area (Å²) in [7, 11) is -7.34. The van der Waals surface area contributed by atoms with Crippen molar-refractivity contribution < 1.29 is 30.7 Å². The number of rotatable bonds is 5. The van der Waals surface area contributed by atoms with Gasteiger partial charge in [0.25, 0.3) is 20.2 Å². The molecular weight excluding hydrogens is 406 g/mol. The molecule has 28 heavy (non-hydrogen) atoms. The monoisotopic (exact) mass is 423 g/mol. The molecule has 0 radical (unpaired) electrons. The van der Waals surface area contributed by atoms with Gasteiger partial charge < -0.3 is 10.1 Å². The van der Waals surface area contributed by atoms with Gasteiger partial charge in [-0.25, -0.2) is 0 Å². The third-order valence-electron chi connectivity index (χ3n) is 4.20. The normalized spacial score (nSPS) is 12.1. The fourth-order valence-electron chi connectivity index (χ4n) is 2.95. The van der Waals surface area contributed by atoms with E-state index in [0.29, 0.717) is 27.9 Å². The summed E-state index contributed by atoms with van der Waals surface area (Å²) in [5.41, 5.74) is 1.28. The third-order valence-corrected chi connectivity index (χ3v) is 6.03. The number of methoxy groups -OCH3 is 1. The second-order valence-electron chi connectivity index (χ2n) is 6.07. The molecule has 0 heterocycles. The lowest BCUT2D eigenvalue weighted by atomic mass is 10.0. The summed E-state index contributed by atoms with van der Waals surface area (Å²) in [5.74, 6) is 0.292. The smallest absolute Gasteiger partial charge is 0.294 e. The molecule has 0 aromatic heterocycles. The Morgan fingerprint density at radius 2 is 1.57 bits per heavy atom. The number of benzene rings is 3. The minimum Gasteiger partial charge on any atom is -0.496 e. The van der Waals surface area contributed by atoms with Crippen LogP contribution < -0.4 is 10.1 Å². The molecule has 0 saturated heterocycles. The Hall–Kier alpha value is -2.66. The summed E-state index contributed by atoms with van der Waals surface area (Å²) < 4.78 is 69.7. The van der Waals surface area contributed by atoms with Crippen LogP contribution in [-0.2, 0) is 20.2 Å². The van der Waals surface area contributed by atoms with Gasteiger partial charge in [0, 0.05) is 22.3 Å². The molecular formula is C18H17NO7S2. The first kappa shape index (κ1) is 20.1. The molecule has 0 aliphatic heterocycles. The highest BCUT2D eigenvalue weighted by atomic mass is 32.2. The molecule has 0 atom stereocenters. The summed E-state index contributed by atoms with van der Waals surface area (Å²) in [6.45, 7) is 1.52. The highest BCUT2D eigenvalue weighted by Crippen LogP contribution is 2.36. The SMILES string of the molecule is COc1c(C)c(S(=O)(=O)O)cc2ccc(Nc3cccc(S(=O)(=O)O)c3)cc12. The number of ether oxygens (including phenoxy) is 1. The van der Waals surface area contributed by atoms with E-state index in [1.165, 1.54) is 38.3 Å². The van der Waals surface area contributed by atoms with Gasteiger partial charge in [-0.1, -0.05) is 12.1 Å². The van der Waals surface area contributed by atoms with Crippen LogP contribution in [0.3, 0.4) is 0 Å². The van der Waals surface area contributed by atoms with Crippen molar-refractivity contribution in [1.29, 1.82) is 0 Å². The van der Waals surface area contributed by atoms with E-state index < -0.39 is 20.2 Å². The number of fused-ring (bicyclic) bond motifs is 1. The Morgan fingerprint density at radius 3 is 2.18 bits per heavy atom. The van der Waals surface area contributed by atoms with Crippen molar-refractivity contribution in [2.24, 2.45) is 0 Å². The molecule has 8 nitrogen and oxygen atoms in total. The maximum atomic E-state index is 11.6. The van der Waals surface area contributed by atoms with Gasteiger partial charge in [0.1, 0.15) is 10.6 Å². The lowest BCUT2D eigenvalue weighted by molar-refractivity contribution is 0.414. The van der Waals surface area contributed by atoms with Crippen LogP contribution in [0.1, 0.15) is 5.56 Å². The van der Waals surface area contributed by atoms with Crippen LogP contribution >= 0.6 is 0 Å². The van der Waals surface area contributed by atoms with Gasteiger partial charge in [-0.15, -0.1) is 0 Å². The van der Waals surface area contributed by atoms with Gasteiger partial charge >= 0.3 is 0 Å². The van der Waals surface area contributed by atoms with Crippen molar-refractivity contribution in [3.8, 4) is 5.75 Å². The van der Waals surface area contributed by atoms with Crippen molar-refractivity contribution >= 4 is 42.4 Å². The molecule has 3 aromatic carbocycles. The zero-order valence-electron chi connectivity index (χ0n) is 14.9. The molecule has 0 saturated carbocycles. The zero-order chi connectivity index (χ0) is 20.7. The molecule has 0 fully saturated rings. The maximum absolute atomic E-state index is 11.6. The summed E-state index contributed by atoms with van der Waals surface area (Å²) in [5, 5.41) is 4.16. The van der Waals surface area contributed by atoms with E-state index in [1.54, 1.807) is 24.3 Å². The average molecular weight is 423 g/mol. The lowest BCUT2D eigenvalue weighted by Gasteiger charge is -2.14. The predicted octanol–water partition coefficient (Wildman–Crippen LogP) is 3.39. The van der Waals surface area contributed by atoms with Crippen molar-refractivity contribution in [3.05, 3.63) is 54.1 Å². The summed E-state index contributed by atoms with van der Waals surface area (Å²) >= 11 is 0. The minimum atomic E-state index is -4.41. The molecule has 0 spiro atoms. The Morgan fingerprint density at radius 1 is 0.893 bits per heavy atom. The van der Waals surface area contributed by atoms with Gasteiger partial charge in [0.15, 0.2) is 0 Å². The summed E-state index contributed by atoms with van der Waals surface area (Å²) in [4.78, 5) is -0.483. The fraction of sp³-hybridized carbons (Fsp3) is 0.111. The highest BCUT2D eigenvalue weighted by Gasteiger charge is 2.19. The second kappa shape index (κ2) is 7.06. The maximum Gasteiger partial charge on any atom is 0.294 e. The number of nitrogens with one attached hydrogen (secondary N) is 1.